The van der Waals surface area contributed by atoms with E-state index in [-0.39, 0.29) is 12.5 Å². The second-order valence-electron chi connectivity index (χ2n) is 14.4. The van der Waals surface area contributed by atoms with Crippen molar-refractivity contribution in [3.8, 4) is 0 Å². The van der Waals surface area contributed by atoms with Crippen LogP contribution >= 0.6 is 0 Å². The fraction of sp³-hybridized carbons (Fsp3) is 0.711. The zero-order valence-corrected chi connectivity index (χ0v) is 33.7. The first kappa shape index (κ1) is 49.6. The number of ether oxygens (including phenoxy) is 2. The van der Waals surface area contributed by atoms with Crippen molar-refractivity contribution in [3.05, 3.63) is 72.9 Å². The molecule has 0 aromatic heterocycles. The highest BCUT2D eigenvalue weighted by Gasteiger charge is 2.44. The van der Waals surface area contributed by atoms with E-state index in [4.69, 9.17) is 9.47 Å². The third-order valence-electron chi connectivity index (χ3n) is 9.51. The summed E-state index contributed by atoms with van der Waals surface area (Å²) < 4.78 is 11.2. The van der Waals surface area contributed by atoms with Crippen LogP contribution in [0.2, 0.25) is 0 Å². The van der Waals surface area contributed by atoms with E-state index in [1.54, 1.807) is 6.08 Å². The highest BCUT2D eigenvalue weighted by atomic mass is 16.7. The van der Waals surface area contributed by atoms with Gasteiger partial charge in [-0.2, -0.15) is 0 Å². The van der Waals surface area contributed by atoms with E-state index in [1.165, 1.54) is 38.5 Å². The number of allylic oxidation sites excluding steroid dienone is 11. The zero-order valence-electron chi connectivity index (χ0n) is 33.7. The minimum absolute atomic E-state index is 0.207. The van der Waals surface area contributed by atoms with Crippen LogP contribution in [0.25, 0.3) is 0 Å². The minimum atomic E-state index is -1.58. The summed E-state index contributed by atoms with van der Waals surface area (Å²) in [4.78, 5) is 12.9. The molecule has 1 saturated heterocycles. The molecule has 7 atom stereocenters. The molecule has 9 heteroatoms. The molecule has 54 heavy (non-hydrogen) atoms. The van der Waals surface area contributed by atoms with Crippen LogP contribution in [-0.4, -0.2) is 87.5 Å². The van der Waals surface area contributed by atoms with Gasteiger partial charge in [-0.3, -0.25) is 4.79 Å². The van der Waals surface area contributed by atoms with Crippen LogP contribution < -0.4 is 5.32 Å². The van der Waals surface area contributed by atoms with Gasteiger partial charge in [0, 0.05) is 6.42 Å². The maximum atomic E-state index is 12.9. The normalized spacial score (nSPS) is 22.2. The van der Waals surface area contributed by atoms with Crippen molar-refractivity contribution < 1.29 is 39.8 Å². The van der Waals surface area contributed by atoms with E-state index >= 15 is 0 Å². The van der Waals surface area contributed by atoms with Gasteiger partial charge in [0.05, 0.1) is 25.4 Å². The van der Waals surface area contributed by atoms with E-state index < -0.39 is 49.5 Å². The Labute approximate surface area is 328 Å². The van der Waals surface area contributed by atoms with Crippen molar-refractivity contribution in [2.75, 3.05) is 13.2 Å². The van der Waals surface area contributed by atoms with Gasteiger partial charge in [0.2, 0.25) is 5.91 Å². The summed E-state index contributed by atoms with van der Waals surface area (Å²) >= 11 is 0. The van der Waals surface area contributed by atoms with E-state index in [0.717, 1.165) is 89.9 Å². The van der Waals surface area contributed by atoms with Gasteiger partial charge in [0.1, 0.15) is 24.4 Å². The van der Waals surface area contributed by atoms with Gasteiger partial charge in [-0.25, -0.2) is 0 Å². The molecule has 1 rings (SSSR count). The molecule has 7 unspecified atom stereocenters. The lowest BCUT2D eigenvalue weighted by Gasteiger charge is -2.40. The van der Waals surface area contributed by atoms with Gasteiger partial charge in [0.15, 0.2) is 6.29 Å². The summed E-state index contributed by atoms with van der Waals surface area (Å²) in [7, 11) is 0. The molecule has 9 nitrogen and oxygen atoms in total. The molecule has 1 aliphatic rings. The summed E-state index contributed by atoms with van der Waals surface area (Å²) in [6.45, 7) is 3.59. The fourth-order valence-electron chi connectivity index (χ4n) is 6.10. The van der Waals surface area contributed by atoms with Gasteiger partial charge in [0.25, 0.3) is 0 Å². The number of carbonyl (C=O) groups excluding carboxylic acids is 1. The molecule has 0 bridgehead atoms. The van der Waals surface area contributed by atoms with E-state index in [9.17, 15) is 30.3 Å². The standard InChI is InChI=1S/C45H77NO8/c1-3-5-7-9-11-13-15-17-18-19-20-21-22-23-25-27-29-31-33-35-41(49)46-38(37-53-45-44(52)43(51)42(50)40(36-47)54-45)39(48)34-32-30-28-26-24-16-14-12-10-8-6-4-2/h5,7,11,13,17-18,20-21,24,26,32,34,38-40,42-45,47-48,50-52H,3-4,6,8-10,12,14-16,19,22-23,25,27-31,33,35-37H2,1-2H3,(H,46,49)/b7-5-,13-11-,18-17-,21-20-,26-24+,34-32+. The van der Waals surface area contributed by atoms with Crippen LogP contribution in [0.5, 0.6) is 0 Å². The smallest absolute Gasteiger partial charge is 0.220 e. The second kappa shape index (κ2) is 35.1. The molecular weight excluding hydrogens is 682 g/mol. The lowest BCUT2D eigenvalue weighted by molar-refractivity contribution is -0.302. The second-order valence-corrected chi connectivity index (χ2v) is 14.4. The van der Waals surface area contributed by atoms with Crippen molar-refractivity contribution in [1.29, 1.82) is 0 Å². The maximum absolute atomic E-state index is 12.9. The highest BCUT2D eigenvalue weighted by molar-refractivity contribution is 5.76. The summed E-state index contributed by atoms with van der Waals surface area (Å²) in [6, 6.07) is -0.831. The predicted molar refractivity (Wildman–Crippen MR) is 221 cm³/mol. The molecule has 1 fully saturated rings. The van der Waals surface area contributed by atoms with E-state index in [1.807, 2.05) is 6.08 Å². The lowest BCUT2D eigenvalue weighted by Crippen LogP contribution is -2.60. The van der Waals surface area contributed by atoms with Gasteiger partial charge >= 0.3 is 0 Å². The number of hydrogen-bond acceptors (Lipinski definition) is 8. The average molecular weight is 760 g/mol. The Morgan fingerprint density at radius 1 is 0.648 bits per heavy atom. The number of aliphatic hydroxyl groups is 5. The van der Waals surface area contributed by atoms with Crippen molar-refractivity contribution in [2.45, 2.75) is 192 Å². The maximum Gasteiger partial charge on any atom is 0.220 e. The highest BCUT2D eigenvalue weighted by Crippen LogP contribution is 2.22. The van der Waals surface area contributed by atoms with Crippen LogP contribution in [0.4, 0.5) is 0 Å². The molecule has 0 aromatic carbocycles. The largest absolute Gasteiger partial charge is 0.394 e. The van der Waals surface area contributed by atoms with E-state index in [2.05, 4.69) is 79.9 Å². The first-order chi connectivity index (χ1) is 26.3. The Morgan fingerprint density at radius 3 is 1.78 bits per heavy atom. The van der Waals surface area contributed by atoms with Crippen molar-refractivity contribution in [1.82, 2.24) is 5.32 Å². The molecule has 1 aliphatic heterocycles. The third kappa shape index (κ3) is 25.7. The first-order valence-corrected chi connectivity index (χ1v) is 21.2. The topological polar surface area (TPSA) is 149 Å². The van der Waals surface area contributed by atoms with Crippen LogP contribution in [-0.2, 0) is 14.3 Å². The number of nitrogens with one attached hydrogen (secondary N) is 1. The number of carbonyl (C=O) groups is 1. The van der Waals surface area contributed by atoms with Crippen LogP contribution in [0.15, 0.2) is 72.9 Å². The Kier molecular flexibility index (Phi) is 32.2. The molecule has 0 aromatic rings. The number of aliphatic hydroxyl groups excluding tert-OH is 5. The number of unbranched alkanes of at least 4 members (excludes halogenated alkanes) is 13. The van der Waals surface area contributed by atoms with E-state index in [0.29, 0.717) is 6.42 Å². The molecule has 0 aliphatic carbocycles. The minimum Gasteiger partial charge on any atom is -0.394 e. The Hall–Kier alpha value is -2.37. The number of rotatable bonds is 33. The van der Waals surface area contributed by atoms with Gasteiger partial charge in [-0.05, 0) is 70.6 Å². The Morgan fingerprint density at radius 2 is 1.17 bits per heavy atom. The molecule has 6 N–H and O–H groups in total. The summed E-state index contributed by atoms with van der Waals surface area (Å²) in [5.41, 5.74) is 0. The Balaban J connectivity index is 2.42. The molecule has 0 spiro atoms. The molecule has 0 radical (unpaired) electrons. The molecular formula is C45H77NO8. The lowest BCUT2D eigenvalue weighted by atomic mass is 9.99. The third-order valence-corrected chi connectivity index (χ3v) is 9.51. The summed E-state index contributed by atoms with van der Waals surface area (Å²) in [5.74, 6) is -0.207. The fourth-order valence-corrected chi connectivity index (χ4v) is 6.10. The van der Waals surface area contributed by atoms with Crippen molar-refractivity contribution in [3.63, 3.8) is 0 Å². The molecule has 310 valence electrons. The number of hydrogen-bond donors (Lipinski definition) is 6. The van der Waals surface area contributed by atoms with Gasteiger partial charge in [-0.1, -0.05) is 145 Å². The van der Waals surface area contributed by atoms with Crippen LogP contribution in [0, 0.1) is 0 Å². The first-order valence-electron chi connectivity index (χ1n) is 21.2. The predicted octanol–water partition coefficient (Wildman–Crippen LogP) is 8.22. The molecule has 1 amide bonds. The Bertz CT molecular complexity index is 1070. The molecule has 0 saturated carbocycles. The summed E-state index contributed by atoms with van der Waals surface area (Å²) in [6.07, 6.45) is 39.4. The number of amides is 1. The zero-order chi connectivity index (χ0) is 39.5. The van der Waals surface area contributed by atoms with Crippen molar-refractivity contribution >= 4 is 5.91 Å². The monoisotopic (exact) mass is 760 g/mol. The molecule has 1 heterocycles. The van der Waals surface area contributed by atoms with Crippen molar-refractivity contribution in [2.24, 2.45) is 0 Å². The van der Waals surface area contributed by atoms with Crippen LogP contribution in [0.3, 0.4) is 0 Å². The SMILES string of the molecule is CC/C=C\C/C=C\C/C=C\C/C=C\CCCCCCCCC(=O)NC(COC1OC(CO)C(O)C(O)C1O)C(O)/C=C/CC/C=C/CCCCCCCC. The van der Waals surface area contributed by atoms with Gasteiger partial charge in [-0.15, -0.1) is 0 Å². The average Bonchev–Trinajstić information content (AvgIpc) is 3.17. The summed E-state index contributed by atoms with van der Waals surface area (Å²) in [5, 5.41) is 54.0. The van der Waals surface area contributed by atoms with Crippen LogP contribution in [0.1, 0.15) is 149 Å². The van der Waals surface area contributed by atoms with Gasteiger partial charge < -0.3 is 40.3 Å². The quantitative estimate of drug-likeness (QED) is 0.0290.